The molecular formula is C51H55Cl3N8O7S. The number of carbonyl (C=O) groups excluding carboxylic acids is 2. The number of carbonyl (C=O) groups is 2. The lowest BCUT2D eigenvalue weighted by molar-refractivity contribution is 0.0936. The number of hydrogen-bond donors (Lipinski definition) is 5. The van der Waals surface area contributed by atoms with Gasteiger partial charge in [0.05, 0.1) is 24.0 Å². The molecule has 5 atom stereocenters. The van der Waals surface area contributed by atoms with Crippen molar-refractivity contribution in [2.24, 2.45) is 23.7 Å². The Balaban J connectivity index is 0.000000181. The smallest absolute Gasteiger partial charge is 0.258 e. The SMILES string of the molecule is C1NCC2CC12.CS(=O)c1ncc(C(=O)NCc2ccccc2)c(OCc2ccc(CO)c(Cl)c2)n1.Cl.O=C(NCc1ccccc1)c1cnc(N2CC3CC3C2)nc1OCc1ccc(CO)c(Cl)c1. The number of hydrogen-bond acceptors (Lipinski definition) is 13. The van der Waals surface area contributed by atoms with Gasteiger partial charge in [0.25, 0.3) is 11.8 Å². The summed E-state index contributed by atoms with van der Waals surface area (Å²) in [6.45, 7) is 5.22. The van der Waals surface area contributed by atoms with Gasteiger partial charge in [-0.05, 0) is 95.1 Å². The number of fused-ring (bicyclic) bond motifs is 2. The second kappa shape index (κ2) is 24.9. The standard InChI is InChI=1S/C25H25ClN4O3.C21H20ClN3O4S.C5H9N.ClH/c26-22-8-17(6-7-18(22)14-31)15-33-24-21(23(32)27-10-16-4-2-1-3-5-16)11-28-25(29-24)30-12-19-9-20(19)13-30;1-30(28)21-24-11-17(19(27)23-10-14-5-3-2-4-6-14)20(25-21)29-13-15-7-8-16(12-26)18(22)9-15;1-4-2-6-3-5(1)4;/h1-8,11,19-20,31H,9-10,12-15H2,(H,27,32);2-9,11,26H,10,12-13H2,1H3,(H,23,27);4-6H,1-3H2;1H. The van der Waals surface area contributed by atoms with E-state index >= 15 is 0 Å². The molecule has 4 heterocycles. The molecule has 5 unspecified atom stereocenters. The van der Waals surface area contributed by atoms with Gasteiger partial charge in [0, 0.05) is 54.9 Å². The van der Waals surface area contributed by atoms with E-state index < -0.39 is 16.7 Å². The molecule has 0 spiro atoms. The van der Waals surface area contributed by atoms with Crippen molar-refractivity contribution in [3.63, 3.8) is 0 Å². The van der Waals surface area contributed by atoms with Gasteiger partial charge in [0.15, 0.2) is 0 Å². The first-order valence-electron chi connectivity index (χ1n) is 22.7. The minimum atomic E-state index is -1.43. The molecule has 4 aliphatic rings. The third kappa shape index (κ3) is 14.2. The van der Waals surface area contributed by atoms with E-state index in [0.29, 0.717) is 40.2 Å². The molecule has 2 amide bonds. The summed E-state index contributed by atoms with van der Waals surface area (Å²) < 4.78 is 23.5. The highest BCUT2D eigenvalue weighted by Gasteiger charge is 2.46. The van der Waals surface area contributed by atoms with Crippen molar-refractivity contribution in [1.29, 1.82) is 0 Å². The maximum absolute atomic E-state index is 12.9. The van der Waals surface area contributed by atoms with Crippen molar-refractivity contribution in [1.82, 2.24) is 35.9 Å². The van der Waals surface area contributed by atoms with Gasteiger partial charge >= 0.3 is 0 Å². The summed E-state index contributed by atoms with van der Waals surface area (Å²) in [6, 6.07) is 29.6. The highest BCUT2D eigenvalue weighted by molar-refractivity contribution is 7.84. The molecule has 10 rings (SSSR count). The predicted molar refractivity (Wildman–Crippen MR) is 271 cm³/mol. The lowest BCUT2D eigenvalue weighted by atomic mass is 10.1. The minimum Gasteiger partial charge on any atom is -0.472 e. The predicted octanol–water partition coefficient (Wildman–Crippen LogP) is 7.10. The van der Waals surface area contributed by atoms with Crippen LogP contribution in [-0.4, -0.2) is 78.6 Å². The summed E-state index contributed by atoms with van der Waals surface area (Å²) in [5.41, 5.74) is 5.17. The second-order valence-corrected chi connectivity index (χ2v) is 19.5. The molecule has 19 heteroatoms. The molecule has 2 saturated carbocycles. The van der Waals surface area contributed by atoms with Gasteiger partial charge in [-0.1, -0.05) is 108 Å². The number of nitrogens with one attached hydrogen (secondary N) is 3. The lowest BCUT2D eigenvalue weighted by Gasteiger charge is -2.19. The van der Waals surface area contributed by atoms with E-state index in [-0.39, 0.29) is 72.8 Å². The van der Waals surface area contributed by atoms with Crippen molar-refractivity contribution >= 4 is 64.2 Å². The third-order valence-corrected chi connectivity index (χ3v) is 13.7. The van der Waals surface area contributed by atoms with Crippen molar-refractivity contribution in [3.05, 3.63) is 164 Å². The molecule has 2 aliphatic carbocycles. The Morgan fingerprint density at radius 2 is 1.16 bits per heavy atom. The fourth-order valence-electron chi connectivity index (χ4n) is 8.02. The van der Waals surface area contributed by atoms with Crippen LogP contribution in [0.4, 0.5) is 5.95 Å². The number of anilines is 1. The fourth-order valence-corrected chi connectivity index (χ4v) is 8.96. The minimum absolute atomic E-state index is 0. The number of piperidine rings is 2. The van der Waals surface area contributed by atoms with Crippen molar-refractivity contribution < 1.29 is 33.5 Å². The number of rotatable bonds is 16. The largest absolute Gasteiger partial charge is 0.472 e. The van der Waals surface area contributed by atoms with Gasteiger partial charge in [-0.2, -0.15) is 9.97 Å². The van der Waals surface area contributed by atoms with Crippen LogP contribution in [0.1, 0.15) is 66.9 Å². The van der Waals surface area contributed by atoms with Gasteiger partial charge in [-0.25, -0.2) is 9.97 Å². The van der Waals surface area contributed by atoms with E-state index in [4.69, 9.17) is 32.7 Å². The molecule has 0 bridgehead atoms. The molecule has 368 valence electrons. The summed E-state index contributed by atoms with van der Waals surface area (Å²) >= 11 is 12.3. The van der Waals surface area contributed by atoms with Gasteiger partial charge in [-0.3, -0.25) is 13.8 Å². The zero-order valence-corrected chi connectivity index (χ0v) is 41.6. The lowest BCUT2D eigenvalue weighted by Crippen LogP contribution is -2.27. The number of benzene rings is 4. The first-order valence-corrected chi connectivity index (χ1v) is 25.1. The van der Waals surface area contributed by atoms with Gasteiger partial charge in [0.1, 0.15) is 24.3 Å². The molecule has 4 fully saturated rings. The fraction of sp³-hybridized carbons (Fsp3) is 0.333. The Bertz CT molecular complexity index is 2750. The quantitative estimate of drug-likeness (QED) is 0.0616. The van der Waals surface area contributed by atoms with Crippen LogP contribution >= 0.6 is 35.6 Å². The first-order chi connectivity index (χ1) is 33.5. The second-order valence-electron chi connectivity index (χ2n) is 17.4. The summed E-state index contributed by atoms with van der Waals surface area (Å²) in [5, 5.41) is 28.5. The Labute approximate surface area is 425 Å². The maximum atomic E-state index is 12.9. The van der Waals surface area contributed by atoms with Crippen molar-refractivity contribution in [3.8, 4) is 11.8 Å². The van der Waals surface area contributed by atoms with E-state index in [0.717, 1.165) is 59.0 Å². The third-order valence-electron chi connectivity index (χ3n) is 12.3. The van der Waals surface area contributed by atoms with E-state index in [1.165, 1.54) is 38.4 Å². The van der Waals surface area contributed by atoms with Crippen LogP contribution in [0.25, 0.3) is 0 Å². The molecule has 2 saturated heterocycles. The molecule has 15 nitrogen and oxygen atoms in total. The number of aliphatic hydroxyl groups excluding tert-OH is 2. The molecule has 2 aromatic heterocycles. The normalized spacial score (nSPS) is 18.3. The molecule has 6 aromatic rings. The van der Waals surface area contributed by atoms with Gasteiger partial charge in [0.2, 0.25) is 22.9 Å². The summed E-state index contributed by atoms with van der Waals surface area (Å²) in [4.78, 5) is 45.0. The first kappa shape index (κ1) is 52.1. The van der Waals surface area contributed by atoms with Crippen molar-refractivity contribution in [2.45, 2.75) is 57.5 Å². The Morgan fingerprint density at radius 3 is 1.59 bits per heavy atom. The number of ether oxygens (including phenoxy) is 2. The average molecular weight is 1030 g/mol. The molecule has 0 radical (unpaired) electrons. The van der Waals surface area contributed by atoms with Gasteiger partial charge < -0.3 is 40.5 Å². The van der Waals surface area contributed by atoms with Crippen LogP contribution in [0.15, 0.2) is 115 Å². The van der Waals surface area contributed by atoms with Crippen LogP contribution < -0.4 is 30.3 Å². The van der Waals surface area contributed by atoms with E-state index in [2.05, 4.69) is 40.8 Å². The monoisotopic (exact) mass is 1030 g/mol. The van der Waals surface area contributed by atoms with Crippen LogP contribution in [0.5, 0.6) is 11.8 Å². The molecule has 4 aromatic carbocycles. The van der Waals surface area contributed by atoms with Crippen LogP contribution in [-0.2, 0) is 50.3 Å². The number of aromatic nitrogens is 4. The molecule has 5 N–H and O–H groups in total. The summed E-state index contributed by atoms with van der Waals surface area (Å²) in [6.07, 6.45) is 7.10. The van der Waals surface area contributed by atoms with E-state index in [1.54, 1.807) is 36.5 Å². The van der Waals surface area contributed by atoms with Crippen LogP contribution in [0, 0.1) is 23.7 Å². The Morgan fingerprint density at radius 1 is 0.686 bits per heavy atom. The molecular weight excluding hydrogens is 975 g/mol. The molecule has 2 aliphatic heterocycles. The number of amides is 2. The zero-order chi connectivity index (χ0) is 48.3. The zero-order valence-electron chi connectivity index (χ0n) is 38.4. The topological polar surface area (TPSA) is 201 Å². The number of halogens is 3. The van der Waals surface area contributed by atoms with Crippen LogP contribution in [0.3, 0.4) is 0 Å². The number of nitrogens with zero attached hydrogens (tertiary/aromatic N) is 5. The Kier molecular flexibility index (Phi) is 18.5. The van der Waals surface area contributed by atoms with Gasteiger partial charge in [-0.15, -0.1) is 12.4 Å². The maximum Gasteiger partial charge on any atom is 0.258 e. The summed E-state index contributed by atoms with van der Waals surface area (Å²) in [5.74, 6) is 3.84. The average Bonchev–Trinajstić information content (AvgIpc) is 4.21. The van der Waals surface area contributed by atoms with E-state index in [1.807, 2.05) is 66.7 Å². The Hall–Kier alpha value is -5.72. The molecule has 70 heavy (non-hydrogen) atoms. The number of aliphatic hydroxyl groups is 2. The summed E-state index contributed by atoms with van der Waals surface area (Å²) in [7, 11) is -1.43. The van der Waals surface area contributed by atoms with Crippen LogP contribution in [0.2, 0.25) is 10.0 Å². The van der Waals surface area contributed by atoms with E-state index in [9.17, 15) is 24.0 Å². The van der Waals surface area contributed by atoms with Crippen molar-refractivity contribution in [2.75, 3.05) is 37.3 Å². The highest BCUT2D eigenvalue weighted by Crippen LogP contribution is 2.46. The highest BCUT2D eigenvalue weighted by atomic mass is 35.5.